The van der Waals surface area contributed by atoms with Crippen LogP contribution in [0.15, 0.2) is 54.7 Å². The molecule has 0 saturated carbocycles. The molecule has 2 aromatic carbocycles. The maximum absolute atomic E-state index is 12.7. The van der Waals surface area contributed by atoms with E-state index in [2.05, 4.69) is 20.5 Å². The molecule has 7 heteroatoms. The zero-order valence-electron chi connectivity index (χ0n) is 19.1. The van der Waals surface area contributed by atoms with Gasteiger partial charge in [0.25, 0.3) is 0 Å². The number of pyridine rings is 1. The van der Waals surface area contributed by atoms with Crippen molar-refractivity contribution in [3.05, 3.63) is 65.9 Å². The maximum atomic E-state index is 12.7. The Hall–Kier alpha value is -3.61. The summed E-state index contributed by atoms with van der Waals surface area (Å²) < 4.78 is 5.31. The molecule has 2 amide bonds. The number of amides is 2. The van der Waals surface area contributed by atoms with Crippen LogP contribution in [0.4, 0.5) is 16.2 Å². The number of carbonyl (C=O) groups excluding carboxylic acids is 2. The number of para-hydroxylation sites is 1. The molecule has 33 heavy (non-hydrogen) atoms. The Bertz CT molecular complexity index is 1130. The molecule has 4 rings (SSSR count). The quantitative estimate of drug-likeness (QED) is 0.534. The number of benzene rings is 2. The number of urea groups is 1. The Morgan fingerprint density at radius 2 is 1.94 bits per heavy atom. The Kier molecular flexibility index (Phi) is 7.07. The van der Waals surface area contributed by atoms with Crippen LogP contribution in [0.5, 0.6) is 0 Å². The van der Waals surface area contributed by atoms with Crippen LogP contribution >= 0.6 is 0 Å². The van der Waals surface area contributed by atoms with E-state index in [1.54, 1.807) is 13.1 Å². The van der Waals surface area contributed by atoms with Gasteiger partial charge in [0.15, 0.2) is 0 Å². The van der Waals surface area contributed by atoms with Crippen molar-refractivity contribution in [2.24, 2.45) is 5.92 Å². The van der Waals surface area contributed by atoms with Crippen LogP contribution in [0.25, 0.3) is 10.9 Å². The molecule has 0 bridgehead atoms. The van der Waals surface area contributed by atoms with Crippen LogP contribution in [0.2, 0.25) is 0 Å². The van der Waals surface area contributed by atoms with Crippen molar-refractivity contribution in [2.75, 3.05) is 36.5 Å². The number of fused-ring (bicyclic) bond motifs is 1. The van der Waals surface area contributed by atoms with Gasteiger partial charge in [0, 0.05) is 36.9 Å². The lowest BCUT2D eigenvalue weighted by Crippen LogP contribution is -2.42. The van der Waals surface area contributed by atoms with E-state index in [0.29, 0.717) is 18.7 Å². The molecule has 1 aliphatic heterocycles. The minimum atomic E-state index is -0.358. The molecule has 1 unspecified atom stereocenters. The van der Waals surface area contributed by atoms with Crippen molar-refractivity contribution in [1.29, 1.82) is 0 Å². The van der Waals surface area contributed by atoms with Gasteiger partial charge < -0.3 is 20.3 Å². The topological polar surface area (TPSA) is 83.6 Å². The number of aromatic nitrogens is 1. The standard InChI is InChI=1S/C26H30N4O3/c1-3-33-25(31)22-16-27-23-9-5-4-8-21(23)24(22)30-14-6-7-19(17-30)15-28-26(32)29-20-12-10-18(2)11-13-20/h4-5,8-13,16,19H,3,6-7,14-15,17H2,1-2H3,(H2,28,29,32). The summed E-state index contributed by atoms with van der Waals surface area (Å²) in [5.74, 6) is -0.0898. The van der Waals surface area contributed by atoms with Crippen molar-refractivity contribution < 1.29 is 14.3 Å². The molecule has 1 aromatic heterocycles. The molecule has 2 heterocycles. The fourth-order valence-corrected chi connectivity index (χ4v) is 4.31. The van der Waals surface area contributed by atoms with E-state index < -0.39 is 0 Å². The number of piperidine rings is 1. The van der Waals surface area contributed by atoms with Gasteiger partial charge in [0.2, 0.25) is 0 Å². The summed E-state index contributed by atoms with van der Waals surface area (Å²) in [7, 11) is 0. The molecule has 172 valence electrons. The molecular formula is C26H30N4O3. The first-order valence-electron chi connectivity index (χ1n) is 11.5. The van der Waals surface area contributed by atoms with Gasteiger partial charge in [0.05, 0.1) is 17.8 Å². The number of anilines is 2. The van der Waals surface area contributed by atoms with E-state index in [4.69, 9.17) is 4.74 Å². The number of nitrogens with zero attached hydrogens (tertiary/aromatic N) is 2. The largest absolute Gasteiger partial charge is 0.462 e. The highest BCUT2D eigenvalue weighted by molar-refractivity contribution is 6.05. The number of ether oxygens (including phenoxy) is 1. The number of hydrogen-bond acceptors (Lipinski definition) is 5. The zero-order valence-corrected chi connectivity index (χ0v) is 19.1. The molecule has 3 aromatic rings. The Morgan fingerprint density at radius 3 is 2.73 bits per heavy atom. The average Bonchev–Trinajstić information content (AvgIpc) is 2.84. The van der Waals surface area contributed by atoms with Gasteiger partial charge in [-0.25, -0.2) is 9.59 Å². The van der Waals surface area contributed by atoms with Crippen LogP contribution in [0, 0.1) is 12.8 Å². The molecule has 0 radical (unpaired) electrons. The Labute approximate surface area is 194 Å². The van der Waals surface area contributed by atoms with Crippen molar-refractivity contribution in [3.8, 4) is 0 Å². The van der Waals surface area contributed by atoms with E-state index in [1.165, 1.54) is 0 Å². The number of nitrogens with one attached hydrogen (secondary N) is 2. The summed E-state index contributed by atoms with van der Waals surface area (Å²) in [6.45, 7) is 6.27. The fourth-order valence-electron chi connectivity index (χ4n) is 4.31. The van der Waals surface area contributed by atoms with Crippen LogP contribution in [0.3, 0.4) is 0 Å². The van der Waals surface area contributed by atoms with E-state index in [9.17, 15) is 9.59 Å². The molecule has 1 saturated heterocycles. The second kappa shape index (κ2) is 10.3. The number of carbonyl (C=O) groups is 2. The molecular weight excluding hydrogens is 416 g/mol. The van der Waals surface area contributed by atoms with E-state index in [-0.39, 0.29) is 17.9 Å². The second-order valence-electron chi connectivity index (χ2n) is 8.41. The highest BCUT2D eigenvalue weighted by Gasteiger charge is 2.26. The smallest absolute Gasteiger partial charge is 0.341 e. The monoisotopic (exact) mass is 446 g/mol. The molecule has 7 nitrogen and oxygen atoms in total. The molecule has 1 fully saturated rings. The number of aryl methyl sites for hydroxylation is 1. The van der Waals surface area contributed by atoms with Crippen molar-refractivity contribution in [2.45, 2.75) is 26.7 Å². The summed E-state index contributed by atoms with van der Waals surface area (Å²) in [6, 6.07) is 15.4. The number of rotatable bonds is 6. The number of esters is 1. The fraction of sp³-hybridized carbons (Fsp3) is 0.346. The molecule has 0 aliphatic carbocycles. The van der Waals surface area contributed by atoms with Crippen LogP contribution in [0.1, 0.15) is 35.7 Å². The lowest BCUT2D eigenvalue weighted by Gasteiger charge is -2.36. The predicted molar refractivity (Wildman–Crippen MR) is 131 cm³/mol. The summed E-state index contributed by atoms with van der Waals surface area (Å²) in [5.41, 5.74) is 4.12. The summed E-state index contributed by atoms with van der Waals surface area (Å²) >= 11 is 0. The van der Waals surface area contributed by atoms with Gasteiger partial charge in [-0.15, -0.1) is 0 Å². The van der Waals surface area contributed by atoms with Crippen LogP contribution < -0.4 is 15.5 Å². The molecule has 0 spiro atoms. The molecule has 2 N–H and O–H groups in total. The van der Waals surface area contributed by atoms with Gasteiger partial charge >= 0.3 is 12.0 Å². The first-order valence-corrected chi connectivity index (χ1v) is 11.5. The Morgan fingerprint density at radius 1 is 1.15 bits per heavy atom. The first-order chi connectivity index (χ1) is 16.0. The van der Waals surface area contributed by atoms with E-state index >= 15 is 0 Å². The normalized spacial score (nSPS) is 15.8. The van der Waals surface area contributed by atoms with Gasteiger partial charge in [-0.2, -0.15) is 0 Å². The Balaban J connectivity index is 1.47. The summed E-state index contributed by atoms with van der Waals surface area (Å²) in [4.78, 5) is 31.8. The van der Waals surface area contributed by atoms with Crippen LogP contribution in [-0.4, -0.2) is 43.2 Å². The van der Waals surface area contributed by atoms with Crippen molar-refractivity contribution >= 4 is 34.3 Å². The minimum absolute atomic E-state index is 0.211. The maximum Gasteiger partial charge on any atom is 0.341 e. The second-order valence-corrected chi connectivity index (χ2v) is 8.41. The van der Waals surface area contributed by atoms with Gasteiger partial charge in [-0.1, -0.05) is 35.9 Å². The highest BCUT2D eigenvalue weighted by atomic mass is 16.5. The lowest BCUT2D eigenvalue weighted by molar-refractivity contribution is 0.0526. The highest BCUT2D eigenvalue weighted by Crippen LogP contribution is 2.33. The SMILES string of the molecule is CCOC(=O)c1cnc2ccccc2c1N1CCCC(CNC(=O)Nc2ccc(C)cc2)C1. The third kappa shape index (κ3) is 5.42. The third-order valence-electron chi connectivity index (χ3n) is 5.94. The number of hydrogen-bond donors (Lipinski definition) is 2. The lowest BCUT2D eigenvalue weighted by atomic mass is 9.96. The van der Waals surface area contributed by atoms with Crippen LogP contribution in [-0.2, 0) is 4.74 Å². The zero-order chi connectivity index (χ0) is 23.2. The summed E-state index contributed by atoms with van der Waals surface area (Å²) in [5, 5.41) is 6.82. The molecule has 1 atom stereocenters. The van der Waals surface area contributed by atoms with Gasteiger partial charge in [0.1, 0.15) is 5.56 Å². The summed E-state index contributed by atoms with van der Waals surface area (Å²) in [6.07, 6.45) is 3.61. The van der Waals surface area contributed by atoms with Crippen molar-refractivity contribution in [1.82, 2.24) is 10.3 Å². The third-order valence-corrected chi connectivity index (χ3v) is 5.94. The van der Waals surface area contributed by atoms with E-state index in [1.807, 2.05) is 55.5 Å². The predicted octanol–water partition coefficient (Wildman–Crippen LogP) is 4.76. The van der Waals surface area contributed by atoms with Gasteiger partial charge in [-0.05, 0) is 50.8 Å². The van der Waals surface area contributed by atoms with Crippen molar-refractivity contribution in [3.63, 3.8) is 0 Å². The minimum Gasteiger partial charge on any atom is -0.462 e. The van der Waals surface area contributed by atoms with E-state index in [0.717, 1.165) is 53.8 Å². The average molecular weight is 447 g/mol. The molecule has 1 aliphatic rings. The van der Waals surface area contributed by atoms with Gasteiger partial charge in [-0.3, -0.25) is 4.98 Å². The first kappa shape index (κ1) is 22.6.